The largest absolute Gasteiger partial charge is 0.457 e. The van der Waals surface area contributed by atoms with Crippen LogP contribution in [0.15, 0.2) is 0 Å². The van der Waals surface area contributed by atoms with Gasteiger partial charge in [0.2, 0.25) is 0 Å². The molecule has 2 fully saturated rings. The molecule has 0 spiro atoms. The topological polar surface area (TPSA) is 98.3 Å². The second-order valence-electron chi connectivity index (χ2n) is 6.69. The van der Waals surface area contributed by atoms with Gasteiger partial charge in [0.05, 0.1) is 12.6 Å². The first-order valence-electron chi connectivity index (χ1n) is 8.61. The Hall–Kier alpha value is -1.00. The van der Waals surface area contributed by atoms with E-state index in [9.17, 15) is 9.90 Å². The molecule has 3 N–H and O–H groups in total. The predicted octanol–water partition coefficient (Wildman–Crippen LogP) is 0.420. The maximum absolute atomic E-state index is 11.5. The van der Waals surface area contributed by atoms with Gasteiger partial charge in [0.15, 0.2) is 29.4 Å². The number of aliphatic hydroxyl groups excluding tert-OH is 1. The number of carbonyl (C=O) groups excluding carboxylic acids is 1. The third-order valence-corrected chi connectivity index (χ3v) is 4.32. The first-order valence-corrected chi connectivity index (χ1v) is 9.01. The molecule has 25 heavy (non-hydrogen) atoms. The van der Waals surface area contributed by atoms with E-state index in [4.69, 9.17) is 31.2 Å². The maximum atomic E-state index is 11.5. The molecule has 8 nitrogen and oxygen atoms in total. The number of esters is 1. The highest BCUT2D eigenvalue weighted by atomic mass is 32.1. The maximum Gasteiger partial charge on any atom is 0.303 e. The molecule has 0 unspecified atom stereocenters. The Kier molecular flexibility index (Phi) is 6.98. The van der Waals surface area contributed by atoms with Crippen molar-refractivity contribution in [2.24, 2.45) is 0 Å². The van der Waals surface area contributed by atoms with Crippen molar-refractivity contribution in [2.75, 3.05) is 13.2 Å². The minimum absolute atomic E-state index is 0.249. The Balaban J connectivity index is 2.04. The molecular formula is C16H28N2O6S. The van der Waals surface area contributed by atoms with Gasteiger partial charge in [-0.15, -0.1) is 0 Å². The van der Waals surface area contributed by atoms with Gasteiger partial charge in [0.1, 0.15) is 6.10 Å². The van der Waals surface area contributed by atoms with Gasteiger partial charge in [0, 0.05) is 13.5 Å². The number of nitrogens with one attached hydrogen (secondary N) is 2. The highest BCUT2D eigenvalue weighted by molar-refractivity contribution is 7.80. The number of unbranched alkanes of at least 4 members (excludes halogenated alkanes) is 1. The van der Waals surface area contributed by atoms with E-state index >= 15 is 0 Å². The second-order valence-corrected chi connectivity index (χ2v) is 7.09. The van der Waals surface area contributed by atoms with Gasteiger partial charge in [-0.1, -0.05) is 13.3 Å². The molecule has 2 aliphatic heterocycles. The van der Waals surface area contributed by atoms with Gasteiger partial charge in [-0.25, -0.2) is 0 Å². The standard InChI is InChI=1S/C16H28N2O6S/c1-5-6-7-17-15(25)18-10(8-19)11-12(21-9(2)20)13-14(22-11)24-16(3,4)23-13/h10-14,19H,5-8H2,1-4H3,(H2,17,18,25)/t10-,11-,12+,13-,14-/m1/s1. The number of fused-ring (bicyclic) bond motifs is 1. The Bertz CT molecular complexity index is 489. The van der Waals surface area contributed by atoms with Gasteiger partial charge in [-0.2, -0.15) is 0 Å². The predicted molar refractivity (Wildman–Crippen MR) is 93.8 cm³/mol. The first kappa shape index (κ1) is 20.3. The number of thiocarbonyl (C=S) groups is 1. The van der Waals surface area contributed by atoms with E-state index in [1.807, 2.05) is 0 Å². The Morgan fingerprint density at radius 2 is 2.12 bits per heavy atom. The van der Waals surface area contributed by atoms with E-state index in [-0.39, 0.29) is 6.61 Å². The van der Waals surface area contributed by atoms with Crippen LogP contribution < -0.4 is 10.6 Å². The number of carbonyl (C=O) groups is 1. The molecule has 9 heteroatoms. The lowest BCUT2D eigenvalue weighted by atomic mass is 10.0. The van der Waals surface area contributed by atoms with E-state index in [2.05, 4.69) is 17.6 Å². The monoisotopic (exact) mass is 376 g/mol. The van der Waals surface area contributed by atoms with E-state index in [1.165, 1.54) is 6.92 Å². The molecule has 0 saturated carbocycles. The van der Waals surface area contributed by atoms with Crippen molar-refractivity contribution in [3.05, 3.63) is 0 Å². The number of hydrogen-bond donors (Lipinski definition) is 3. The van der Waals surface area contributed by atoms with E-state index in [1.54, 1.807) is 13.8 Å². The molecule has 0 radical (unpaired) electrons. The summed E-state index contributed by atoms with van der Waals surface area (Å²) in [6.45, 7) is 7.44. The zero-order valence-electron chi connectivity index (χ0n) is 15.1. The van der Waals surface area contributed by atoms with Crippen molar-refractivity contribution in [3.63, 3.8) is 0 Å². The fourth-order valence-corrected chi connectivity index (χ4v) is 3.24. The van der Waals surface area contributed by atoms with Crippen LogP contribution in [0, 0.1) is 0 Å². The quantitative estimate of drug-likeness (QED) is 0.332. The molecule has 0 aromatic heterocycles. The molecule has 0 amide bonds. The van der Waals surface area contributed by atoms with Crippen LogP contribution in [0.4, 0.5) is 0 Å². The fraction of sp³-hybridized carbons (Fsp3) is 0.875. The van der Waals surface area contributed by atoms with Gasteiger partial charge in [0.25, 0.3) is 0 Å². The van der Waals surface area contributed by atoms with Gasteiger partial charge in [-0.3, -0.25) is 4.79 Å². The minimum Gasteiger partial charge on any atom is -0.457 e. The Morgan fingerprint density at radius 1 is 1.40 bits per heavy atom. The molecule has 2 rings (SSSR count). The molecule has 5 atom stereocenters. The lowest BCUT2D eigenvalue weighted by molar-refractivity contribution is -0.222. The molecule has 0 aliphatic carbocycles. The number of ether oxygens (including phenoxy) is 4. The Labute approximate surface area is 153 Å². The molecule has 2 aliphatic rings. The molecule has 0 bridgehead atoms. The summed E-state index contributed by atoms with van der Waals surface area (Å²) in [5, 5.41) is 16.3. The molecule has 2 saturated heterocycles. The third-order valence-electron chi connectivity index (χ3n) is 4.05. The lowest BCUT2D eigenvalue weighted by Crippen LogP contribution is -2.54. The fourth-order valence-electron chi connectivity index (χ4n) is 2.98. The van der Waals surface area contributed by atoms with Crippen molar-refractivity contribution in [1.29, 1.82) is 0 Å². The van der Waals surface area contributed by atoms with E-state index in [0.717, 1.165) is 19.4 Å². The van der Waals surface area contributed by atoms with Crippen molar-refractivity contribution in [3.8, 4) is 0 Å². The molecule has 0 aromatic carbocycles. The van der Waals surface area contributed by atoms with Crippen LogP contribution in [0.5, 0.6) is 0 Å². The van der Waals surface area contributed by atoms with Gasteiger partial charge >= 0.3 is 5.97 Å². The van der Waals surface area contributed by atoms with Crippen LogP contribution in [0.3, 0.4) is 0 Å². The Morgan fingerprint density at radius 3 is 2.72 bits per heavy atom. The first-order chi connectivity index (χ1) is 11.8. The van der Waals surface area contributed by atoms with Crippen molar-refractivity contribution >= 4 is 23.3 Å². The van der Waals surface area contributed by atoms with Crippen LogP contribution in [-0.2, 0) is 23.7 Å². The minimum atomic E-state index is -0.822. The molecule has 2 heterocycles. The van der Waals surface area contributed by atoms with Gasteiger partial charge < -0.3 is 34.7 Å². The van der Waals surface area contributed by atoms with E-state index < -0.39 is 42.4 Å². The van der Waals surface area contributed by atoms with Crippen LogP contribution in [0.25, 0.3) is 0 Å². The summed E-state index contributed by atoms with van der Waals surface area (Å²) in [5.74, 6) is -1.27. The third kappa shape index (κ3) is 5.24. The molecular weight excluding hydrogens is 348 g/mol. The molecule has 0 aromatic rings. The summed E-state index contributed by atoms with van der Waals surface area (Å²) < 4.78 is 22.8. The summed E-state index contributed by atoms with van der Waals surface area (Å²) >= 11 is 5.25. The smallest absolute Gasteiger partial charge is 0.303 e. The molecule has 144 valence electrons. The second kappa shape index (κ2) is 8.59. The zero-order chi connectivity index (χ0) is 18.6. The highest BCUT2D eigenvalue weighted by Gasteiger charge is 2.58. The number of aliphatic hydroxyl groups is 1. The number of rotatable bonds is 7. The van der Waals surface area contributed by atoms with Crippen molar-refractivity contribution in [1.82, 2.24) is 10.6 Å². The van der Waals surface area contributed by atoms with Crippen LogP contribution >= 0.6 is 12.2 Å². The highest BCUT2D eigenvalue weighted by Crippen LogP contribution is 2.39. The average Bonchev–Trinajstić information content (AvgIpc) is 2.98. The van der Waals surface area contributed by atoms with Crippen molar-refractivity contribution in [2.45, 2.75) is 77.0 Å². The summed E-state index contributed by atoms with van der Waals surface area (Å²) in [6.07, 6.45) is -0.531. The van der Waals surface area contributed by atoms with Gasteiger partial charge in [-0.05, 0) is 32.5 Å². The van der Waals surface area contributed by atoms with Crippen LogP contribution in [-0.4, -0.2) is 65.8 Å². The number of hydrogen-bond acceptors (Lipinski definition) is 7. The zero-order valence-corrected chi connectivity index (χ0v) is 15.9. The van der Waals surface area contributed by atoms with Crippen LogP contribution in [0.1, 0.15) is 40.5 Å². The summed E-state index contributed by atoms with van der Waals surface area (Å²) in [5.41, 5.74) is 0. The SMILES string of the molecule is CCCCNC(=S)N[C@H](CO)[C@H]1O[C@@H]2OC(C)(C)O[C@@H]2[C@H]1OC(C)=O. The lowest BCUT2D eigenvalue weighted by Gasteiger charge is -2.30. The average molecular weight is 376 g/mol. The normalized spacial score (nSPS) is 31.2. The van der Waals surface area contributed by atoms with Crippen molar-refractivity contribution < 1.29 is 28.8 Å². The summed E-state index contributed by atoms with van der Waals surface area (Å²) in [4.78, 5) is 11.5. The van der Waals surface area contributed by atoms with Crippen LogP contribution in [0.2, 0.25) is 0 Å². The van der Waals surface area contributed by atoms with E-state index in [0.29, 0.717) is 5.11 Å². The summed E-state index contributed by atoms with van der Waals surface area (Å²) in [7, 11) is 0. The summed E-state index contributed by atoms with van der Waals surface area (Å²) in [6, 6.07) is -0.563.